The van der Waals surface area contributed by atoms with Crippen LogP contribution in [0.4, 0.5) is 21.6 Å². The first kappa shape index (κ1) is 20.6. The van der Waals surface area contributed by atoms with Crippen molar-refractivity contribution in [3.63, 3.8) is 0 Å². The third-order valence-corrected chi connectivity index (χ3v) is 4.00. The molecular weight excluding hydrogens is 389 g/mol. The van der Waals surface area contributed by atoms with Gasteiger partial charge in [0.25, 0.3) is 11.8 Å². The van der Waals surface area contributed by atoms with Gasteiger partial charge in [-0.1, -0.05) is 18.2 Å². The van der Waals surface area contributed by atoms with Gasteiger partial charge in [-0.2, -0.15) is 0 Å². The summed E-state index contributed by atoms with van der Waals surface area (Å²) < 4.78 is 18.6. The molecule has 0 bridgehead atoms. The minimum absolute atomic E-state index is 0.0813. The number of rotatable bonds is 7. The smallest absolute Gasteiger partial charge is 0.273 e. The van der Waals surface area contributed by atoms with Gasteiger partial charge in [0, 0.05) is 11.9 Å². The number of benzene rings is 2. The van der Waals surface area contributed by atoms with E-state index in [1.165, 1.54) is 37.6 Å². The number of aromatic nitrogens is 1. The highest BCUT2D eigenvalue weighted by molar-refractivity contribution is 6.00. The van der Waals surface area contributed by atoms with Gasteiger partial charge in [-0.05, 0) is 42.5 Å². The number of hydrogen-bond donors (Lipinski definition) is 4. The number of para-hydroxylation sites is 2. The Labute approximate surface area is 172 Å². The second-order valence-electron chi connectivity index (χ2n) is 6.09. The van der Waals surface area contributed by atoms with Crippen LogP contribution in [0.5, 0.6) is 5.75 Å². The van der Waals surface area contributed by atoms with Gasteiger partial charge < -0.3 is 15.4 Å². The molecule has 0 aliphatic heterocycles. The van der Waals surface area contributed by atoms with Gasteiger partial charge in [0.1, 0.15) is 17.4 Å². The van der Waals surface area contributed by atoms with E-state index in [1.54, 1.807) is 30.3 Å². The molecule has 0 aliphatic rings. The Hall–Kier alpha value is -4.14. The number of pyridine rings is 1. The van der Waals surface area contributed by atoms with Crippen molar-refractivity contribution in [2.24, 2.45) is 0 Å². The Balaban J connectivity index is 1.58. The predicted octanol–water partition coefficient (Wildman–Crippen LogP) is 2.85. The monoisotopic (exact) mass is 409 g/mol. The van der Waals surface area contributed by atoms with Crippen molar-refractivity contribution in [1.82, 2.24) is 15.8 Å². The van der Waals surface area contributed by atoms with Crippen LogP contribution in [0, 0.1) is 5.82 Å². The lowest BCUT2D eigenvalue weighted by Crippen LogP contribution is -2.44. The minimum Gasteiger partial charge on any atom is -0.495 e. The fraction of sp³-hybridized carbons (Fsp3) is 0.0952. The minimum atomic E-state index is -0.576. The molecule has 0 fully saturated rings. The van der Waals surface area contributed by atoms with E-state index in [2.05, 4.69) is 26.5 Å². The summed E-state index contributed by atoms with van der Waals surface area (Å²) in [7, 11) is 1.53. The van der Waals surface area contributed by atoms with Crippen LogP contribution in [0.3, 0.4) is 0 Å². The highest BCUT2D eigenvalue weighted by atomic mass is 19.1. The van der Waals surface area contributed by atoms with E-state index < -0.39 is 17.6 Å². The third-order valence-electron chi connectivity index (χ3n) is 4.00. The molecule has 2 aromatic carbocycles. The van der Waals surface area contributed by atoms with Crippen molar-refractivity contribution >= 4 is 29.0 Å². The maximum absolute atomic E-state index is 13.4. The van der Waals surface area contributed by atoms with Crippen LogP contribution in [-0.2, 0) is 4.79 Å². The average molecular weight is 409 g/mol. The lowest BCUT2D eigenvalue weighted by molar-refractivity contribution is -0.120. The maximum Gasteiger partial charge on any atom is 0.273 e. The Morgan fingerprint density at radius 2 is 1.87 bits per heavy atom. The SMILES string of the molecule is COc1ccccc1NCC(=O)NNC(=O)c1cccnc1Nc1cccc(F)c1. The van der Waals surface area contributed by atoms with E-state index in [-0.39, 0.29) is 17.9 Å². The number of amides is 2. The molecule has 0 aliphatic carbocycles. The summed E-state index contributed by atoms with van der Waals surface area (Å²) in [6, 6.07) is 16.0. The van der Waals surface area contributed by atoms with Crippen molar-refractivity contribution in [2.45, 2.75) is 0 Å². The molecule has 3 rings (SSSR count). The van der Waals surface area contributed by atoms with Crippen LogP contribution in [0.2, 0.25) is 0 Å². The van der Waals surface area contributed by atoms with Crippen molar-refractivity contribution < 1.29 is 18.7 Å². The molecule has 2 amide bonds. The molecule has 0 radical (unpaired) electrons. The molecule has 0 atom stereocenters. The van der Waals surface area contributed by atoms with E-state index >= 15 is 0 Å². The first-order valence-corrected chi connectivity index (χ1v) is 9.00. The molecule has 0 unspecified atom stereocenters. The van der Waals surface area contributed by atoms with Gasteiger partial charge in [-0.25, -0.2) is 9.37 Å². The van der Waals surface area contributed by atoms with E-state index in [9.17, 15) is 14.0 Å². The summed E-state index contributed by atoms with van der Waals surface area (Å²) in [6.07, 6.45) is 1.49. The van der Waals surface area contributed by atoms with E-state index in [0.29, 0.717) is 17.1 Å². The Kier molecular flexibility index (Phi) is 6.78. The van der Waals surface area contributed by atoms with Crippen LogP contribution in [0.25, 0.3) is 0 Å². The first-order chi connectivity index (χ1) is 14.6. The van der Waals surface area contributed by atoms with Gasteiger partial charge in [-0.3, -0.25) is 20.4 Å². The van der Waals surface area contributed by atoms with Crippen molar-refractivity contribution in [1.29, 1.82) is 0 Å². The van der Waals surface area contributed by atoms with Crippen molar-refractivity contribution in [3.8, 4) is 5.75 Å². The number of ether oxygens (including phenoxy) is 1. The number of hydrazine groups is 1. The maximum atomic E-state index is 13.4. The van der Waals surface area contributed by atoms with Crippen molar-refractivity contribution in [3.05, 3.63) is 78.2 Å². The number of methoxy groups -OCH3 is 1. The van der Waals surface area contributed by atoms with Crippen LogP contribution < -0.4 is 26.2 Å². The fourth-order valence-corrected chi connectivity index (χ4v) is 2.60. The zero-order chi connectivity index (χ0) is 21.3. The molecule has 9 heteroatoms. The summed E-state index contributed by atoms with van der Waals surface area (Å²) in [5.41, 5.74) is 5.94. The van der Waals surface area contributed by atoms with E-state index in [4.69, 9.17) is 4.74 Å². The van der Waals surface area contributed by atoms with Gasteiger partial charge in [-0.15, -0.1) is 0 Å². The summed E-state index contributed by atoms with van der Waals surface area (Å²) >= 11 is 0. The molecule has 8 nitrogen and oxygen atoms in total. The van der Waals surface area contributed by atoms with E-state index in [0.717, 1.165) is 0 Å². The van der Waals surface area contributed by atoms with Crippen LogP contribution in [0.15, 0.2) is 66.9 Å². The second kappa shape index (κ2) is 9.87. The van der Waals surface area contributed by atoms with Crippen LogP contribution in [-0.4, -0.2) is 30.5 Å². The zero-order valence-corrected chi connectivity index (χ0v) is 16.1. The summed E-state index contributed by atoms with van der Waals surface area (Å²) in [4.78, 5) is 28.7. The Morgan fingerprint density at radius 3 is 2.67 bits per heavy atom. The molecule has 0 saturated carbocycles. The molecule has 1 aromatic heterocycles. The molecular formula is C21H20FN5O3. The molecule has 0 saturated heterocycles. The van der Waals surface area contributed by atoms with Crippen LogP contribution >= 0.6 is 0 Å². The second-order valence-corrected chi connectivity index (χ2v) is 6.09. The summed E-state index contributed by atoms with van der Waals surface area (Å²) in [6.45, 7) is -0.0813. The van der Waals surface area contributed by atoms with Crippen molar-refractivity contribution in [2.75, 3.05) is 24.3 Å². The number of halogens is 1. The van der Waals surface area contributed by atoms with Crippen LogP contribution in [0.1, 0.15) is 10.4 Å². The molecule has 4 N–H and O–H groups in total. The largest absolute Gasteiger partial charge is 0.495 e. The molecule has 154 valence electrons. The number of nitrogens with zero attached hydrogens (tertiary/aromatic N) is 1. The molecule has 0 spiro atoms. The van der Waals surface area contributed by atoms with Gasteiger partial charge >= 0.3 is 0 Å². The zero-order valence-electron chi connectivity index (χ0n) is 16.1. The fourth-order valence-electron chi connectivity index (χ4n) is 2.60. The molecule has 3 aromatic rings. The molecule has 1 heterocycles. The van der Waals surface area contributed by atoms with E-state index in [1.807, 2.05) is 6.07 Å². The number of carbonyl (C=O) groups is 2. The first-order valence-electron chi connectivity index (χ1n) is 9.00. The predicted molar refractivity (Wildman–Crippen MR) is 111 cm³/mol. The number of hydrogen-bond acceptors (Lipinski definition) is 6. The quantitative estimate of drug-likeness (QED) is 0.448. The van der Waals surface area contributed by atoms with Gasteiger partial charge in [0.15, 0.2) is 0 Å². The topological polar surface area (TPSA) is 104 Å². The number of carbonyl (C=O) groups excluding carboxylic acids is 2. The summed E-state index contributed by atoms with van der Waals surface area (Å²) in [5, 5.41) is 5.82. The normalized spacial score (nSPS) is 10.1. The summed E-state index contributed by atoms with van der Waals surface area (Å²) in [5.74, 6) is -0.637. The lowest BCUT2D eigenvalue weighted by atomic mass is 10.2. The lowest BCUT2D eigenvalue weighted by Gasteiger charge is -2.13. The highest BCUT2D eigenvalue weighted by Gasteiger charge is 2.14. The highest BCUT2D eigenvalue weighted by Crippen LogP contribution is 2.22. The molecule has 30 heavy (non-hydrogen) atoms. The standard InChI is InChI=1S/C21H20FN5O3/c1-30-18-10-3-2-9-17(18)24-13-19(28)26-27-21(29)16-8-5-11-23-20(16)25-15-7-4-6-14(22)12-15/h2-12,24H,13H2,1H3,(H,23,25)(H,26,28)(H,27,29). The van der Waals surface area contributed by atoms with Gasteiger partial charge in [0.05, 0.1) is 24.9 Å². The Bertz CT molecular complexity index is 1040. The number of nitrogens with one attached hydrogen (secondary N) is 4. The average Bonchev–Trinajstić information content (AvgIpc) is 2.76. The van der Waals surface area contributed by atoms with Gasteiger partial charge in [0.2, 0.25) is 0 Å². The number of anilines is 3. The third kappa shape index (κ3) is 5.44. The Morgan fingerprint density at radius 1 is 1.03 bits per heavy atom.